The highest BCUT2D eigenvalue weighted by atomic mass is 79.9. The minimum Gasteiger partial charge on any atom is -0.481 e. The molecule has 0 saturated heterocycles. The van der Waals surface area contributed by atoms with E-state index in [0.29, 0.717) is 4.47 Å². The van der Waals surface area contributed by atoms with Crippen molar-refractivity contribution in [2.75, 3.05) is 0 Å². The first-order chi connectivity index (χ1) is 7.30. The van der Waals surface area contributed by atoms with Gasteiger partial charge in [0, 0.05) is 10.9 Å². The Morgan fingerprint density at radius 1 is 1.38 bits per heavy atom. The van der Waals surface area contributed by atoms with Crippen LogP contribution in [-0.4, -0.2) is 24.0 Å². The molecule has 0 bridgehead atoms. The summed E-state index contributed by atoms with van der Waals surface area (Å²) < 4.78 is 31.5. The minimum absolute atomic E-state index is 0.0533. The van der Waals surface area contributed by atoms with Crippen molar-refractivity contribution in [3.63, 3.8) is 0 Å². The van der Waals surface area contributed by atoms with Crippen LogP contribution in [0.2, 0.25) is 0 Å². The Balaban J connectivity index is 3.13. The van der Waals surface area contributed by atoms with Crippen molar-refractivity contribution in [3.8, 4) is 0 Å². The molecule has 1 rings (SSSR count). The number of carbonyl (C=O) groups is 1. The average molecular weight is 309 g/mol. The van der Waals surface area contributed by atoms with Crippen molar-refractivity contribution >= 4 is 32.0 Å². The maximum absolute atomic E-state index is 11.0. The van der Waals surface area contributed by atoms with Crippen molar-refractivity contribution in [3.05, 3.63) is 28.2 Å². The molecule has 0 aliphatic heterocycles. The van der Waals surface area contributed by atoms with E-state index in [1.807, 2.05) is 0 Å². The van der Waals surface area contributed by atoms with Gasteiger partial charge in [0.25, 0.3) is 10.1 Å². The van der Waals surface area contributed by atoms with Gasteiger partial charge in [0.05, 0.1) is 4.90 Å². The molecule has 1 aromatic carbocycles. The quantitative estimate of drug-likeness (QED) is 0.826. The highest BCUT2D eigenvalue weighted by Gasteiger charge is 2.16. The Hall–Kier alpha value is -0.920. The number of benzene rings is 1. The lowest BCUT2D eigenvalue weighted by atomic mass is 10.1. The van der Waals surface area contributed by atoms with Gasteiger partial charge in [0.15, 0.2) is 0 Å². The normalized spacial score (nSPS) is 11.4. The number of aliphatic carboxylic acids is 1. The van der Waals surface area contributed by atoms with Crippen LogP contribution in [-0.2, 0) is 21.3 Å². The summed E-state index contributed by atoms with van der Waals surface area (Å²) in [5, 5.41) is 8.50. The van der Waals surface area contributed by atoms with Crippen molar-refractivity contribution < 1.29 is 22.9 Å². The molecular formula is C9H9BrO5S. The van der Waals surface area contributed by atoms with Crippen LogP contribution in [0, 0.1) is 0 Å². The number of hydrogen-bond acceptors (Lipinski definition) is 3. The molecule has 0 spiro atoms. The van der Waals surface area contributed by atoms with Crippen LogP contribution < -0.4 is 0 Å². The van der Waals surface area contributed by atoms with E-state index in [1.54, 1.807) is 6.07 Å². The maximum Gasteiger partial charge on any atom is 0.303 e. The first kappa shape index (κ1) is 13.1. The Morgan fingerprint density at radius 2 is 2.00 bits per heavy atom. The summed E-state index contributed by atoms with van der Waals surface area (Å²) in [7, 11) is -4.33. The number of hydrogen-bond donors (Lipinski definition) is 2. The Morgan fingerprint density at radius 3 is 2.50 bits per heavy atom. The van der Waals surface area contributed by atoms with E-state index >= 15 is 0 Å². The first-order valence-electron chi connectivity index (χ1n) is 4.28. The highest BCUT2D eigenvalue weighted by Crippen LogP contribution is 2.22. The molecule has 16 heavy (non-hydrogen) atoms. The van der Waals surface area contributed by atoms with E-state index in [0.717, 1.165) is 0 Å². The zero-order valence-corrected chi connectivity index (χ0v) is 10.5. The summed E-state index contributed by atoms with van der Waals surface area (Å²) >= 11 is 3.08. The van der Waals surface area contributed by atoms with Crippen molar-refractivity contribution in [2.24, 2.45) is 0 Å². The van der Waals surface area contributed by atoms with Crippen LogP contribution >= 0.6 is 15.9 Å². The molecule has 7 heteroatoms. The summed E-state index contributed by atoms with van der Waals surface area (Å²) in [6.45, 7) is 0. The van der Waals surface area contributed by atoms with Gasteiger partial charge in [-0.05, 0) is 24.1 Å². The van der Waals surface area contributed by atoms with Gasteiger partial charge in [-0.1, -0.05) is 22.0 Å². The third-order valence-electron chi connectivity index (χ3n) is 1.92. The lowest BCUT2D eigenvalue weighted by Gasteiger charge is -2.06. The fourth-order valence-corrected chi connectivity index (χ4v) is 2.51. The predicted molar refractivity (Wildman–Crippen MR) is 59.9 cm³/mol. The Kier molecular flexibility index (Phi) is 4.06. The van der Waals surface area contributed by atoms with E-state index in [9.17, 15) is 13.2 Å². The zero-order valence-electron chi connectivity index (χ0n) is 8.05. The van der Waals surface area contributed by atoms with Gasteiger partial charge in [0.1, 0.15) is 0 Å². The standard InChI is InChI=1S/C9H9BrO5S/c10-7-3-1-6(2-4-9(11)12)8(5-7)16(13,14)15/h1,3,5H,2,4H2,(H,11,12)(H,13,14,15). The largest absolute Gasteiger partial charge is 0.481 e. The molecule has 0 radical (unpaired) electrons. The third kappa shape index (κ3) is 3.58. The minimum atomic E-state index is -4.33. The van der Waals surface area contributed by atoms with Gasteiger partial charge in [-0.3, -0.25) is 9.35 Å². The lowest BCUT2D eigenvalue weighted by molar-refractivity contribution is -0.136. The molecule has 1 aromatic rings. The van der Waals surface area contributed by atoms with E-state index in [4.69, 9.17) is 9.66 Å². The predicted octanol–water partition coefficient (Wildman–Crippen LogP) is 1.71. The summed E-state index contributed by atoms with van der Waals surface area (Å²) in [5.74, 6) is -1.02. The average Bonchev–Trinajstić information content (AvgIpc) is 2.14. The SMILES string of the molecule is O=C(O)CCc1ccc(Br)cc1S(=O)(=O)O. The second-order valence-corrected chi connectivity index (χ2v) is 5.43. The molecule has 5 nitrogen and oxygen atoms in total. The number of aryl methyl sites for hydroxylation is 1. The fourth-order valence-electron chi connectivity index (χ4n) is 1.22. The zero-order chi connectivity index (χ0) is 12.3. The maximum atomic E-state index is 11.0. The van der Waals surface area contributed by atoms with Gasteiger partial charge in [0.2, 0.25) is 0 Å². The van der Waals surface area contributed by atoms with Crippen LogP contribution in [0.5, 0.6) is 0 Å². The van der Waals surface area contributed by atoms with Gasteiger partial charge < -0.3 is 5.11 Å². The fraction of sp³-hybridized carbons (Fsp3) is 0.222. The summed E-state index contributed by atoms with van der Waals surface area (Å²) in [6.07, 6.45) is -0.137. The summed E-state index contributed by atoms with van der Waals surface area (Å²) in [4.78, 5) is 10.1. The van der Waals surface area contributed by atoms with Crippen LogP contribution in [0.15, 0.2) is 27.6 Å². The number of carboxylic acids is 1. The van der Waals surface area contributed by atoms with E-state index < -0.39 is 16.1 Å². The monoisotopic (exact) mass is 308 g/mol. The van der Waals surface area contributed by atoms with Crippen LogP contribution in [0.1, 0.15) is 12.0 Å². The van der Waals surface area contributed by atoms with E-state index in [2.05, 4.69) is 15.9 Å². The molecule has 0 atom stereocenters. The summed E-state index contributed by atoms with van der Waals surface area (Å²) in [5.41, 5.74) is 0.285. The molecular weight excluding hydrogens is 300 g/mol. The van der Waals surface area contributed by atoms with Crippen LogP contribution in [0.4, 0.5) is 0 Å². The van der Waals surface area contributed by atoms with Crippen molar-refractivity contribution in [1.82, 2.24) is 0 Å². The smallest absolute Gasteiger partial charge is 0.303 e. The molecule has 0 amide bonds. The molecule has 0 unspecified atom stereocenters. The Labute approximate surface area is 101 Å². The van der Waals surface area contributed by atoms with Gasteiger partial charge in [-0.25, -0.2) is 0 Å². The molecule has 0 aliphatic carbocycles. The van der Waals surface area contributed by atoms with E-state index in [-0.39, 0.29) is 23.3 Å². The molecule has 0 aliphatic rings. The third-order valence-corrected chi connectivity index (χ3v) is 3.34. The highest BCUT2D eigenvalue weighted by molar-refractivity contribution is 9.10. The van der Waals surface area contributed by atoms with Gasteiger partial charge >= 0.3 is 5.97 Å². The molecule has 0 fully saturated rings. The Bertz CT molecular complexity index is 509. The molecule has 0 saturated carbocycles. The number of carboxylic acid groups (broad SMARTS) is 1. The first-order valence-corrected chi connectivity index (χ1v) is 6.51. The second-order valence-electron chi connectivity index (χ2n) is 3.12. The summed E-state index contributed by atoms with van der Waals surface area (Å²) in [6, 6.07) is 4.30. The van der Waals surface area contributed by atoms with Crippen LogP contribution in [0.25, 0.3) is 0 Å². The van der Waals surface area contributed by atoms with E-state index in [1.165, 1.54) is 12.1 Å². The molecule has 2 N–H and O–H groups in total. The molecule has 88 valence electrons. The van der Waals surface area contributed by atoms with Gasteiger partial charge in [-0.2, -0.15) is 8.42 Å². The topological polar surface area (TPSA) is 91.7 Å². The van der Waals surface area contributed by atoms with Crippen molar-refractivity contribution in [1.29, 1.82) is 0 Å². The number of halogens is 1. The molecule has 0 heterocycles. The lowest BCUT2D eigenvalue weighted by Crippen LogP contribution is -2.05. The van der Waals surface area contributed by atoms with Crippen LogP contribution in [0.3, 0.4) is 0 Å². The second kappa shape index (κ2) is 4.94. The number of rotatable bonds is 4. The van der Waals surface area contributed by atoms with Crippen molar-refractivity contribution in [2.45, 2.75) is 17.7 Å². The molecule has 0 aromatic heterocycles. The van der Waals surface area contributed by atoms with Gasteiger partial charge in [-0.15, -0.1) is 0 Å².